The number of carbonyl (C=O) groups is 2. The number of anilines is 1. The Morgan fingerprint density at radius 1 is 1.39 bits per heavy atom. The van der Waals surface area contributed by atoms with Crippen LogP contribution in [0.4, 0.5) is 14.5 Å². The molecule has 1 saturated heterocycles. The number of carbonyl (C=O) groups excluding carboxylic acids is 1. The zero-order valence-corrected chi connectivity index (χ0v) is 9.61. The van der Waals surface area contributed by atoms with Crippen LogP contribution in [0.3, 0.4) is 0 Å². The number of carboxylic acids is 1. The van der Waals surface area contributed by atoms with E-state index in [4.69, 9.17) is 5.11 Å². The monoisotopic (exact) mass is 255 g/mol. The van der Waals surface area contributed by atoms with Crippen LogP contribution in [0.5, 0.6) is 0 Å². The number of amides is 1. The molecule has 1 heterocycles. The van der Waals surface area contributed by atoms with Crippen molar-refractivity contribution in [2.24, 2.45) is 0 Å². The molecule has 18 heavy (non-hydrogen) atoms. The highest BCUT2D eigenvalue weighted by atomic mass is 19.2. The van der Waals surface area contributed by atoms with E-state index < -0.39 is 29.6 Å². The summed E-state index contributed by atoms with van der Waals surface area (Å²) in [6.45, 7) is 1.39. The van der Waals surface area contributed by atoms with Crippen molar-refractivity contribution in [1.82, 2.24) is 0 Å². The summed E-state index contributed by atoms with van der Waals surface area (Å²) in [5.41, 5.74) is -0.206. The van der Waals surface area contributed by atoms with Crippen LogP contribution in [-0.4, -0.2) is 23.0 Å². The molecule has 1 aromatic carbocycles. The summed E-state index contributed by atoms with van der Waals surface area (Å²) in [6, 6.07) is 1.42. The van der Waals surface area contributed by atoms with Crippen LogP contribution in [0.15, 0.2) is 12.1 Å². The molecule has 1 atom stereocenters. The predicted octanol–water partition coefficient (Wildman–Crippen LogP) is 1.85. The molecule has 0 spiro atoms. The first-order valence-electron chi connectivity index (χ1n) is 5.43. The van der Waals surface area contributed by atoms with Gasteiger partial charge in [0.05, 0.1) is 5.69 Å². The molecule has 0 saturated carbocycles. The number of rotatable bonds is 2. The molecule has 1 amide bonds. The molecular formula is C12H11F2NO3. The quantitative estimate of drug-likeness (QED) is 0.877. The standard InChI is InChI=1S/C12H11F2NO3/c1-6-2-3-7(11(14)10(6)13)15-8(12(17)18)4-5-9(15)16/h2-3,8H,4-5H2,1H3,(H,17,18). The van der Waals surface area contributed by atoms with Gasteiger partial charge in [-0.2, -0.15) is 0 Å². The molecular weight excluding hydrogens is 244 g/mol. The van der Waals surface area contributed by atoms with E-state index in [1.807, 2.05) is 0 Å². The summed E-state index contributed by atoms with van der Waals surface area (Å²) in [7, 11) is 0. The topological polar surface area (TPSA) is 57.6 Å². The van der Waals surface area contributed by atoms with Crippen molar-refractivity contribution >= 4 is 17.6 Å². The van der Waals surface area contributed by atoms with Crippen molar-refractivity contribution in [3.05, 3.63) is 29.3 Å². The average Bonchev–Trinajstić information content (AvgIpc) is 2.69. The highest BCUT2D eigenvalue weighted by Gasteiger charge is 2.38. The highest BCUT2D eigenvalue weighted by molar-refractivity contribution is 6.02. The Bertz CT molecular complexity index is 530. The van der Waals surface area contributed by atoms with Crippen LogP contribution >= 0.6 is 0 Å². The molecule has 1 aliphatic heterocycles. The van der Waals surface area contributed by atoms with Gasteiger partial charge in [-0.15, -0.1) is 0 Å². The number of nitrogens with zero attached hydrogens (tertiary/aromatic N) is 1. The molecule has 96 valence electrons. The molecule has 1 aliphatic rings. The van der Waals surface area contributed by atoms with Gasteiger partial charge in [-0.25, -0.2) is 13.6 Å². The maximum absolute atomic E-state index is 13.8. The van der Waals surface area contributed by atoms with E-state index in [0.717, 1.165) is 4.90 Å². The molecule has 4 nitrogen and oxygen atoms in total. The van der Waals surface area contributed by atoms with Crippen LogP contribution in [-0.2, 0) is 9.59 Å². The number of hydrogen-bond acceptors (Lipinski definition) is 2. The van der Waals surface area contributed by atoms with Crippen LogP contribution < -0.4 is 4.90 Å². The van der Waals surface area contributed by atoms with Crippen LogP contribution in [0, 0.1) is 18.6 Å². The molecule has 0 aliphatic carbocycles. The Morgan fingerprint density at radius 3 is 2.67 bits per heavy atom. The number of aliphatic carboxylic acids is 1. The Kier molecular flexibility index (Phi) is 3.02. The van der Waals surface area contributed by atoms with Gasteiger partial charge in [-0.05, 0) is 25.0 Å². The van der Waals surface area contributed by atoms with E-state index in [9.17, 15) is 18.4 Å². The zero-order chi connectivity index (χ0) is 13.4. The Balaban J connectivity index is 2.50. The van der Waals surface area contributed by atoms with Crippen molar-refractivity contribution in [3.63, 3.8) is 0 Å². The van der Waals surface area contributed by atoms with E-state index in [2.05, 4.69) is 0 Å². The summed E-state index contributed by atoms with van der Waals surface area (Å²) < 4.78 is 27.2. The lowest BCUT2D eigenvalue weighted by Crippen LogP contribution is -2.39. The Morgan fingerprint density at radius 2 is 2.06 bits per heavy atom. The Hall–Kier alpha value is -1.98. The van der Waals surface area contributed by atoms with Gasteiger partial charge in [-0.1, -0.05) is 6.07 Å². The smallest absolute Gasteiger partial charge is 0.326 e. The van der Waals surface area contributed by atoms with Gasteiger partial charge in [0, 0.05) is 6.42 Å². The minimum atomic E-state index is -1.22. The summed E-state index contributed by atoms with van der Waals surface area (Å²) in [5, 5.41) is 8.97. The van der Waals surface area contributed by atoms with E-state index >= 15 is 0 Å². The van der Waals surface area contributed by atoms with Crippen LogP contribution in [0.2, 0.25) is 0 Å². The Labute approximate surface area is 102 Å². The first kappa shape index (κ1) is 12.5. The van der Waals surface area contributed by atoms with Gasteiger partial charge in [0.1, 0.15) is 6.04 Å². The van der Waals surface area contributed by atoms with Gasteiger partial charge < -0.3 is 5.11 Å². The first-order valence-corrected chi connectivity index (χ1v) is 5.43. The van der Waals surface area contributed by atoms with Crippen molar-refractivity contribution in [1.29, 1.82) is 0 Å². The lowest BCUT2D eigenvalue weighted by molar-refractivity contribution is -0.138. The van der Waals surface area contributed by atoms with E-state index in [1.54, 1.807) is 0 Å². The van der Waals surface area contributed by atoms with E-state index in [1.165, 1.54) is 19.1 Å². The maximum Gasteiger partial charge on any atom is 0.326 e. The fraction of sp³-hybridized carbons (Fsp3) is 0.333. The number of hydrogen-bond donors (Lipinski definition) is 1. The van der Waals surface area contributed by atoms with Crippen molar-refractivity contribution in [2.45, 2.75) is 25.8 Å². The number of benzene rings is 1. The number of halogens is 2. The molecule has 1 aromatic rings. The second kappa shape index (κ2) is 4.36. The first-order chi connectivity index (χ1) is 8.43. The zero-order valence-electron chi connectivity index (χ0n) is 9.61. The maximum atomic E-state index is 13.8. The molecule has 1 unspecified atom stereocenters. The van der Waals surface area contributed by atoms with E-state index in [0.29, 0.717) is 0 Å². The molecule has 1 fully saturated rings. The summed E-state index contributed by atoms with van der Waals surface area (Å²) in [4.78, 5) is 23.4. The molecule has 1 N–H and O–H groups in total. The summed E-state index contributed by atoms with van der Waals surface area (Å²) >= 11 is 0. The summed E-state index contributed by atoms with van der Waals surface area (Å²) in [6.07, 6.45) is 0.120. The normalized spacial score (nSPS) is 19.4. The minimum absolute atomic E-state index is 0.0197. The third kappa shape index (κ3) is 1.83. The third-order valence-electron chi connectivity index (χ3n) is 3.01. The second-order valence-corrected chi connectivity index (χ2v) is 4.19. The summed E-state index contributed by atoms with van der Waals surface area (Å²) in [5.74, 6) is -3.97. The fourth-order valence-electron chi connectivity index (χ4n) is 2.04. The number of aryl methyl sites for hydroxylation is 1. The van der Waals surface area contributed by atoms with Gasteiger partial charge in [0.15, 0.2) is 11.6 Å². The average molecular weight is 255 g/mol. The fourth-order valence-corrected chi connectivity index (χ4v) is 2.04. The van der Waals surface area contributed by atoms with Crippen molar-refractivity contribution in [3.8, 4) is 0 Å². The molecule has 2 rings (SSSR count). The lowest BCUT2D eigenvalue weighted by Gasteiger charge is -2.22. The molecule has 0 radical (unpaired) electrons. The molecule has 6 heteroatoms. The van der Waals surface area contributed by atoms with Gasteiger partial charge >= 0.3 is 5.97 Å². The van der Waals surface area contributed by atoms with Crippen LogP contribution in [0.25, 0.3) is 0 Å². The van der Waals surface area contributed by atoms with Crippen molar-refractivity contribution in [2.75, 3.05) is 4.90 Å². The lowest BCUT2D eigenvalue weighted by atomic mass is 10.1. The van der Waals surface area contributed by atoms with Crippen LogP contribution in [0.1, 0.15) is 18.4 Å². The largest absolute Gasteiger partial charge is 0.480 e. The number of carboxylic acid groups (broad SMARTS) is 1. The predicted molar refractivity (Wildman–Crippen MR) is 59.2 cm³/mol. The van der Waals surface area contributed by atoms with Gasteiger partial charge in [0.2, 0.25) is 5.91 Å². The third-order valence-corrected chi connectivity index (χ3v) is 3.01. The van der Waals surface area contributed by atoms with Gasteiger partial charge in [0.25, 0.3) is 0 Å². The second-order valence-electron chi connectivity index (χ2n) is 4.19. The molecule has 0 bridgehead atoms. The van der Waals surface area contributed by atoms with Gasteiger partial charge in [-0.3, -0.25) is 9.69 Å². The SMILES string of the molecule is Cc1ccc(N2C(=O)CCC2C(=O)O)c(F)c1F. The minimum Gasteiger partial charge on any atom is -0.480 e. The van der Waals surface area contributed by atoms with E-state index in [-0.39, 0.29) is 24.1 Å². The van der Waals surface area contributed by atoms with Crippen molar-refractivity contribution < 1.29 is 23.5 Å². The highest BCUT2D eigenvalue weighted by Crippen LogP contribution is 2.31. The molecule has 0 aromatic heterocycles.